The van der Waals surface area contributed by atoms with Crippen LogP contribution in [0, 0.1) is 5.82 Å². The maximum atomic E-state index is 13.9. The Kier molecular flexibility index (Phi) is 5.82. The first-order chi connectivity index (χ1) is 18.0. The third-order valence-corrected chi connectivity index (χ3v) is 6.16. The Morgan fingerprint density at radius 1 is 0.919 bits per heavy atom. The summed E-state index contributed by atoms with van der Waals surface area (Å²) in [6.07, 6.45) is 6.97. The highest BCUT2D eigenvalue weighted by atomic mass is 19.1. The van der Waals surface area contributed by atoms with Gasteiger partial charge in [-0.3, -0.25) is 15.1 Å². The molecule has 0 aliphatic rings. The van der Waals surface area contributed by atoms with Crippen LogP contribution in [0.3, 0.4) is 0 Å². The second-order valence-corrected chi connectivity index (χ2v) is 9.07. The van der Waals surface area contributed by atoms with Gasteiger partial charge in [-0.25, -0.2) is 9.37 Å². The van der Waals surface area contributed by atoms with Crippen molar-refractivity contribution in [3.63, 3.8) is 0 Å². The highest BCUT2D eigenvalue weighted by molar-refractivity contribution is 6.00. The normalized spacial score (nSPS) is 11.6. The second-order valence-electron chi connectivity index (χ2n) is 9.07. The van der Waals surface area contributed by atoms with E-state index in [-0.39, 0.29) is 5.82 Å². The summed E-state index contributed by atoms with van der Waals surface area (Å²) in [5.41, 5.74) is 7.05. The van der Waals surface area contributed by atoms with E-state index < -0.39 is 0 Å². The lowest BCUT2D eigenvalue weighted by molar-refractivity contribution is 0.261. The van der Waals surface area contributed by atoms with Gasteiger partial charge in [0.15, 0.2) is 0 Å². The van der Waals surface area contributed by atoms with Crippen molar-refractivity contribution in [1.29, 1.82) is 0 Å². The molecule has 0 radical (unpaired) electrons. The summed E-state index contributed by atoms with van der Waals surface area (Å²) in [4.78, 5) is 19.1. The summed E-state index contributed by atoms with van der Waals surface area (Å²) in [6.45, 7) is 1.39. The average molecular weight is 494 g/mol. The van der Waals surface area contributed by atoms with E-state index in [2.05, 4.69) is 30.0 Å². The molecule has 5 heterocycles. The summed E-state index contributed by atoms with van der Waals surface area (Å²) < 4.78 is 19.7. The van der Waals surface area contributed by atoms with E-state index in [0.29, 0.717) is 18.1 Å². The number of likely N-dealkylation sites (N-methyl/N-ethyl adjacent to an activating group) is 1. The Morgan fingerprint density at radius 3 is 2.68 bits per heavy atom. The highest BCUT2D eigenvalue weighted by Crippen LogP contribution is 2.34. The molecule has 2 N–H and O–H groups in total. The van der Waals surface area contributed by atoms with E-state index in [9.17, 15) is 4.39 Å². The molecule has 6 aromatic rings. The fourth-order valence-corrected chi connectivity index (χ4v) is 4.30. The van der Waals surface area contributed by atoms with Gasteiger partial charge in [-0.1, -0.05) is 12.1 Å². The number of nitrogens with one attached hydrogen (secondary N) is 2. The van der Waals surface area contributed by atoms with Crippen molar-refractivity contribution in [2.24, 2.45) is 0 Å². The Labute approximate surface area is 212 Å². The lowest BCUT2D eigenvalue weighted by atomic mass is 10.0. The molecule has 9 heteroatoms. The first-order valence-corrected chi connectivity index (χ1v) is 11.9. The Bertz CT molecular complexity index is 1720. The number of hydrogen-bond acceptors (Lipinski definition) is 6. The molecule has 0 spiro atoms. The first kappa shape index (κ1) is 22.8. The van der Waals surface area contributed by atoms with Crippen LogP contribution < -0.4 is 4.74 Å². The van der Waals surface area contributed by atoms with Crippen LogP contribution in [0.15, 0.2) is 73.3 Å². The number of rotatable bonds is 7. The number of aromatic amines is 2. The van der Waals surface area contributed by atoms with Gasteiger partial charge in [0.1, 0.15) is 29.4 Å². The summed E-state index contributed by atoms with van der Waals surface area (Å²) in [6, 6.07) is 14.3. The summed E-state index contributed by atoms with van der Waals surface area (Å²) in [5.74, 6) is 0.406. The molecule has 0 fully saturated rings. The minimum atomic E-state index is -0.290. The van der Waals surface area contributed by atoms with Crippen LogP contribution in [-0.4, -0.2) is 62.3 Å². The van der Waals surface area contributed by atoms with Crippen molar-refractivity contribution in [1.82, 2.24) is 35.0 Å². The second kappa shape index (κ2) is 9.44. The standard InChI is InChI=1S/C28H24FN7O/c1-36(2)8-9-37-20-11-18(13-30-14-20)23-6-7-24-27(33-23)28(35-34-24)25-12-21-22(15-31-16-26(21)32-25)17-4-3-5-19(29)10-17/h3-7,10-16,32H,8-9H2,1-2H3,(H,34,35). The molecule has 0 saturated carbocycles. The van der Waals surface area contributed by atoms with Crippen LogP contribution in [0.4, 0.5) is 4.39 Å². The molecule has 0 bridgehead atoms. The first-order valence-electron chi connectivity index (χ1n) is 11.9. The van der Waals surface area contributed by atoms with E-state index in [1.165, 1.54) is 12.1 Å². The molecule has 184 valence electrons. The van der Waals surface area contributed by atoms with Gasteiger partial charge < -0.3 is 14.6 Å². The van der Waals surface area contributed by atoms with Crippen molar-refractivity contribution < 1.29 is 9.13 Å². The minimum Gasteiger partial charge on any atom is -0.491 e. The smallest absolute Gasteiger partial charge is 0.138 e. The van der Waals surface area contributed by atoms with Gasteiger partial charge in [0.2, 0.25) is 0 Å². The average Bonchev–Trinajstić information content (AvgIpc) is 3.52. The predicted octanol–water partition coefficient (Wildman–Crippen LogP) is 5.31. The van der Waals surface area contributed by atoms with Crippen LogP contribution in [0.5, 0.6) is 5.75 Å². The lowest BCUT2D eigenvalue weighted by Crippen LogP contribution is -2.19. The fourth-order valence-electron chi connectivity index (χ4n) is 4.30. The number of benzene rings is 1. The molecule has 0 unspecified atom stereocenters. The van der Waals surface area contributed by atoms with Crippen molar-refractivity contribution in [3.8, 4) is 39.5 Å². The third-order valence-electron chi connectivity index (χ3n) is 6.16. The molecule has 37 heavy (non-hydrogen) atoms. The van der Waals surface area contributed by atoms with E-state index >= 15 is 0 Å². The zero-order valence-electron chi connectivity index (χ0n) is 20.4. The van der Waals surface area contributed by atoms with Gasteiger partial charge in [0.25, 0.3) is 0 Å². The SMILES string of the molecule is CN(C)CCOc1cncc(-c2ccc3[nH]nc(-c4cc5c(-c6cccc(F)c6)cncc5[nH]4)c3n2)c1. The minimum absolute atomic E-state index is 0.290. The molecule has 8 nitrogen and oxygen atoms in total. The number of ether oxygens (including phenoxy) is 1. The van der Waals surface area contributed by atoms with Gasteiger partial charge in [-0.15, -0.1) is 0 Å². The number of H-pyrrole nitrogens is 2. The van der Waals surface area contributed by atoms with Gasteiger partial charge >= 0.3 is 0 Å². The molecule has 0 aliphatic heterocycles. The van der Waals surface area contributed by atoms with Crippen molar-refractivity contribution in [2.45, 2.75) is 0 Å². The molecule has 0 atom stereocenters. The molecule has 5 aromatic heterocycles. The quantitative estimate of drug-likeness (QED) is 0.313. The van der Waals surface area contributed by atoms with Crippen LogP contribution in [0.25, 0.3) is 55.7 Å². The van der Waals surface area contributed by atoms with E-state index in [1.807, 2.05) is 44.4 Å². The fraction of sp³-hybridized carbons (Fsp3) is 0.143. The summed E-state index contributed by atoms with van der Waals surface area (Å²) in [5, 5.41) is 8.54. The molecule has 1 aromatic carbocycles. The predicted molar refractivity (Wildman–Crippen MR) is 142 cm³/mol. The number of aromatic nitrogens is 6. The van der Waals surface area contributed by atoms with Crippen molar-refractivity contribution in [2.75, 3.05) is 27.2 Å². The largest absolute Gasteiger partial charge is 0.491 e. The lowest BCUT2D eigenvalue weighted by Gasteiger charge is -2.11. The topological polar surface area (TPSA) is 95.6 Å². The van der Waals surface area contributed by atoms with Crippen molar-refractivity contribution >= 4 is 21.9 Å². The zero-order valence-corrected chi connectivity index (χ0v) is 20.4. The van der Waals surface area contributed by atoms with E-state index in [0.717, 1.165) is 56.6 Å². The molecule has 0 saturated heterocycles. The van der Waals surface area contributed by atoms with Crippen LogP contribution in [0.2, 0.25) is 0 Å². The molecule has 0 amide bonds. The van der Waals surface area contributed by atoms with Crippen LogP contribution in [0.1, 0.15) is 0 Å². The Hall–Kier alpha value is -4.63. The van der Waals surface area contributed by atoms with E-state index in [4.69, 9.17) is 9.72 Å². The van der Waals surface area contributed by atoms with Crippen LogP contribution >= 0.6 is 0 Å². The summed E-state index contributed by atoms with van der Waals surface area (Å²) in [7, 11) is 4.01. The van der Waals surface area contributed by atoms with Gasteiger partial charge in [-0.05, 0) is 56.1 Å². The van der Waals surface area contributed by atoms with E-state index in [1.54, 1.807) is 30.9 Å². The monoisotopic (exact) mass is 493 g/mol. The molecular formula is C28H24FN7O. The highest BCUT2D eigenvalue weighted by Gasteiger charge is 2.16. The maximum absolute atomic E-state index is 13.9. The third kappa shape index (κ3) is 4.52. The Morgan fingerprint density at radius 2 is 1.81 bits per heavy atom. The van der Waals surface area contributed by atoms with Gasteiger partial charge in [0, 0.05) is 35.5 Å². The Balaban J connectivity index is 1.38. The molecule has 0 aliphatic carbocycles. The maximum Gasteiger partial charge on any atom is 0.138 e. The zero-order chi connectivity index (χ0) is 25.4. The number of hydrogen-bond donors (Lipinski definition) is 2. The molecule has 6 rings (SSSR count). The number of pyridine rings is 3. The van der Waals surface area contributed by atoms with Crippen LogP contribution in [-0.2, 0) is 0 Å². The van der Waals surface area contributed by atoms with Gasteiger partial charge in [0.05, 0.1) is 34.8 Å². The van der Waals surface area contributed by atoms with Gasteiger partial charge in [-0.2, -0.15) is 5.10 Å². The number of fused-ring (bicyclic) bond motifs is 2. The molecular weight excluding hydrogens is 469 g/mol. The number of nitrogens with zero attached hydrogens (tertiary/aromatic N) is 5. The number of halogens is 1. The summed E-state index contributed by atoms with van der Waals surface area (Å²) >= 11 is 0. The van der Waals surface area contributed by atoms with Crippen molar-refractivity contribution in [3.05, 3.63) is 79.1 Å².